The summed E-state index contributed by atoms with van der Waals surface area (Å²) in [4.78, 5) is 17.3. The van der Waals surface area contributed by atoms with Gasteiger partial charge in [0.15, 0.2) is 0 Å². The van der Waals surface area contributed by atoms with Crippen LogP contribution in [0, 0.1) is 0 Å². The predicted octanol–water partition coefficient (Wildman–Crippen LogP) is 3.79. The Bertz CT molecular complexity index is 758. The van der Waals surface area contributed by atoms with Gasteiger partial charge in [0.05, 0.1) is 6.42 Å². The fraction of sp³-hybridized carbons (Fsp3) is 0.111. The minimum Gasteiger partial charge on any atom is -0.439 e. The monoisotopic (exact) mass is 324 g/mol. The minimum atomic E-state index is -0.0121. The molecule has 0 spiro atoms. The largest absolute Gasteiger partial charge is 0.439 e. The van der Waals surface area contributed by atoms with Crippen LogP contribution < -0.4 is 10.1 Å². The van der Waals surface area contributed by atoms with Crippen LogP contribution in [0.5, 0.6) is 11.6 Å². The van der Waals surface area contributed by atoms with Crippen molar-refractivity contribution in [3.63, 3.8) is 0 Å². The van der Waals surface area contributed by atoms with E-state index in [2.05, 4.69) is 10.3 Å². The highest BCUT2D eigenvalue weighted by atomic mass is 32.1. The molecule has 1 aromatic carbocycles. The Labute approximate surface area is 138 Å². The molecular formula is C18H16N2O2S. The molecule has 0 aliphatic heterocycles. The third-order valence-electron chi connectivity index (χ3n) is 3.20. The van der Waals surface area contributed by atoms with Crippen LogP contribution in [0.15, 0.2) is 66.2 Å². The van der Waals surface area contributed by atoms with Gasteiger partial charge < -0.3 is 10.1 Å². The first kappa shape index (κ1) is 15.2. The molecule has 3 rings (SSSR count). The lowest BCUT2D eigenvalue weighted by Crippen LogP contribution is -2.24. The zero-order valence-electron chi connectivity index (χ0n) is 12.4. The van der Waals surface area contributed by atoms with E-state index in [1.807, 2.05) is 60.0 Å². The van der Waals surface area contributed by atoms with Crippen LogP contribution in [0.25, 0.3) is 0 Å². The zero-order valence-corrected chi connectivity index (χ0v) is 13.3. The Hall–Kier alpha value is -2.66. The maximum Gasteiger partial charge on any atom is 0.225 e. The number of pyridine rings is 1. The number of nitrogens with one attached hydrogen (secondary N) is 1. The summed E-state index contributed by atoms with van der Waals surface area (Å²) in [7, 11) is 0. The summed E-state index contributed by atoms with van der Waals surface area (Å²) in [6.07, 6.45) is 2.07. The molecule has 3 aromatic rings. The Morgan fingerprint density at radius 1 is 1.09 bits per heavy atom. The standard InChI is InChI=1S/C18H16N2O2S/c21-17(12-16-9-5-11-23-16)20-13-14-6-4-10-19-18(14)22-15-7-2-1-3-8-15/h1-11H,12-13H2,(H,20,21). The number of para-hydroxylation sites is 1. The normalized spacial score (nSPS) is 10.3. The lowest BCUT2D eigenvalue weighted by Gasteiger charge is -2.10. The van der Waals surface area contributed by atoms with Crippen LogP contribution >= 0.6 is 11.3 Å². The highest BCUT2D eigenvalue weighted by molar-refractivity contribution is 7.10. The minimum absolute atomic E-state index is 0.0121. The molecule has 0 saturated carbocycles. The van der Waals surface area contributed by atoms with Gasteiger partial charge in [-0.15, -0.1) is 11.3 Å². The van der Waals surface area contributed by atoms with Crippen LogP contribution in [0.4, 0.5) is 0 Å². The summed E-state index contributed by atoms with van der Waals surface area (Å²) in [5.74, 6) is 1.22. The van der Waals surface area contributed by atoms with Gasteiger partial charge in [-0.25, -0.2) is 4.98 Å². The second-order valence-corrected chi connectivity index (χ2v) is 5.95. The maximum absolute atomic E-state index is 12.0. The molecule has 0 aliphatic rings. The van der Waals surface area contributed by atoms with Crippen LogP contribution in [0.3, 0.4) is 0 Å². The number of nitrogens with zero attached hydrogens (tertiary/aromatic N) is 1. The summed E-state index contributed by atoms with van der Waals surface area (Å²) >= 11 is 1.58. The number of thiophene rings is 1. The third kappa shape index (κ3) is 4.40. The molecule has 0 fully saturated rings. The predicted molar refractivity (Wildman–Crippen MR) is 90.6 cm³/mol. The quantitative estimate of drug-likeness (QED) is 0.750. The molecule has 0 unspecified atom stereocenters. The third-order valence-corrected chi connectivity index (χ3v) is 4.07. The van der Waals surface area contributed by atoms with Gasteiger partial charge in [-0.05, 0) is 29.6 Å². The average molecular weight is 324 g/mol. The van der Waals surface area contributed by atoms with Crippen molar-refractivity contribution in [3.05, 3.63) is 76.6 Å². The molecular weight excluding hydrogens is 308 g/mol. The maximum atomic E-state index is 12.0. The Balaban J connectivity index is 1.62. The fourth-order valence-electron chi connectivity index (χ4n) is 2.08. The molecule has 2 heterocycles. The number of carbonyl (C=O) groups excluding carboxylic acids is 1. The first-order valence-corrected chi connectivity index (χ1v) is 8.15. The Morgan fingerprint density at radius 3 is 2.74 bits per heavy atom. The van der Waals surface area contributed by atoms with Crippen molar-refractivity contribution in [3.8, 4) is 11.6 Å². The first-order valence-electron chi connectivity index (χ1n) is 7.27. The number of hydrogen-bond donors (Lipinski definition) is 1. The number of hydrogen-bond acceptors (Lipinski definition) is 4. The number of amides is 1. The van der Waals surface area contributed by atoms with Gasteiger partial charge >= 0.3 is 0 Å². The van der Waals surface area contributed by atoms with E-state index in [-0.39, 0.29) is 5.91 Å². The van der Waals surface area contributed by atoms with E-state index in [4.69, 9.17) is 4.74 Å². The summed E-state index contributed by atoms with van der Waals surface area (Å²) in [5.41, 5.74) is 0.843. The van der Waals surface area contributed by atoms with E-state index in [1.54, 1.807) is 17.5 Å². The van der Waals surface area contributed by atoms with Crippen molar-refractivity contribution in [2.24, 2.45) is 0 Å². The van der Waals surface area contributed by atoms with Crippen LogP contribution in [-0.2, 0) is 17.8 Å². The molecule has 5 heteroatoms. The molecule has 2 aromatic heterocycles. The molecule has 1 N–H and O–H groups in total. The molecule has 4 nitrogen and oxygen atoms in total. The molecule has 1 amide bonds. The Kier molecular flexibility index (Phi) is 5.01. The molecule has 0 radical (unpaired) electrons. The lowest BCUT2D eigenvalue weighted by atomic mass is 10.2. The topological polar surface area (TPSA) is 51.2 Å². The van der Waals surface area contributed by atoms with Crippen LogP contribution in [-0.4, -0.2) is 10.9 Å². The van der Waals surface area contributed by atoms with Gasteiger partial charge in [-0.3, -0.25) is 4.79 Å². The first-order chi connectivity index (χ1) is 11.3. The van der Waals surface area contributed by atoms with Crippen molar-refractivity contribution in [2.75, 3.05) is 0 Å². The van der Waals surface area contributed by atoms with Gasteiger partial charge in [0.2, 0.25) is 11.8 Å². The van der Waals surface area contributed by atoms with Crippen molar-refractivity contribution >= 4 is 17.2 Å². The van der Waals surface area contributed by atoms with Crippen molar-refractivity contribution in [1.29, 1.82) is 0 Å². The highest BCUT2D eigenvalue weighted by Gasteiger charge is 2.09. The molecule has 0 atom stereocenters. The highest BCUT2D eigenvalue weighted by Crippen LogP contribution is 2.22. The van der Waals surface area contributed by atoms with Gasteiger partial charge in [0, 0.05) is 23.2 Å². The summed E-state index contributed by atoms with van der Waals surface area (Å²) in [6, 6.07) is 17.1. The zero-order chi connectivity index (χ0) is 15.9. The van der Waals surface area contributed by atoms with E-state index in [0.29, 0.717) is 18.8 Å². The van der Waals surface area contributed by atoms with Crippen LogP contribution in [0.1, 0.15) is 10.4 Å². The van der Waals surface area contributed by atoms with E-state index in [1.165, 1.54) is 0 Å². The van der Waals surface area contributed by atoms with Gasteiger partial charge in [-0.1, -0.05) is 30.3 Å². The molecule has 116 valence electrons. The van der Waals surface area contributed by atoms with Gasteiger partial charge in [0.25, 0.3) is 0 Å². The number of ether oxygens (including phenoxy) is 1. The number of carbonyl (C=O) groups is 1. The molecule has 23 heavy (non-hydrogen) atoms. The van der Waals surface area contributed by atoms with Crippen molar-refractivity contribution < 1.29 is 9.53 Å². The summed E-state index contributed by atoms with van der Waals surface area (Å²) in [6.45, 7) is 0.389. The number of rotatable bonds is 6. The SMILES string of the molecule is O=C(Cc1cccs1)NCc1cccnc1Oc1ccccc1. The summed E-state index contributed by atoms with van der Waals surface area (Å²) in [5, 5.41) is 4.88. The van der Waals surface area contributed by atoms with Gasteiger partial charge in [0.1, 0.15) is 5.75 Å². The number of aromatic nitrogens is 1. The molecule has 0 bridgehead atoms. The van der Waals surface area contributed by atoms with Crippen molar-refractivity contribution in [1.82, 2.24) is 10.3 Å². The second-order valence-electron chi connectivity index (χ2n) is 4.92. The second kappa shape index (κ2) is 7.56. The van der Waals surface area contributed by atoms with E-state index in [9.17, 15) is 4.79 Å². The van der Waals surface area contributed by atoms with Crippen molar-refractivity contribution in [2.45, 2.75) is 13.0 Å². The molecule has 0 aliphatic carbocycles. The molecule has 0 saturated heterocycles. The van der Waals surface area contributed by atoms with Gasteiger partial charge in [-0.2, -0.15) is 0 Å². The lowest BCUT2D eigenvalue weighted by molar-refractivity contribution is -0.120. The van der Waals surface area contributed by atoms with E-state index in [0.717, 1.165) is 16.2 Å². The summed E-state index contributed by atoms with van der Waals surface area (Å²) < 4.78 is 5.79. The Morgan fingerprint density at radius 2 is 1.96 bits per heavy atom. The smallest absolute Gasteiger partial charge is 0.225 e. The van der Waals surface area contributed by atoms with E-state index < -0.39 is 0 Å². The van der Waals surface area contributed by atoms with E-state index >= 15 is 0 Å². The fourth-order valence-corrected chi connectivity index (χ4v) is 2.78. The average Bonchev–Trinajstić information content (AvgIpc) is 3.08. The van der Waals surface area contributed by atoms with Crippen LogP contribution in [0.2, 0.25) is 0 Å². The number of benzene rings is 1.